The van der Waals surface area contributed by atoms with Crippen LogP contribution in [0.1, 0.15) is 62.3 Å². The van der Waals surface area contributed by atoms with Crippen LogP contribution in [0.4, 0.5) is 4.79 Å². The Morgan fingerprint density at radius 1 is 1.04 bits per heavy atom. The van der Waals surface area contributed by atoms with E-state index in [1.165, 1.54) is 0 Å². The van der Waals surface area contributed by atoms with Crippen LogP contribution >= 0.6 is 0 Å². The molecule has 5 nitrogen and oxygen atoms in total. The normalized spacial score (nSPS) is 16.5. The Balaban J connectivity index is 5.38. The van der Waals surface area contributed by atoms with Gasteiger partial charge < -0.3 is 19.6 Å². The highest BCUT2D eigenvalue weighted by Crippen LogP contribution is 2.38. The molecule has 0 aromatic carbocycles. The Hall–Kier alpha value is -0.593. The minimum atomic E-state index is -2.08. The van der Waals surface area contributed by atoms with Crippen molar-refractivity contribution in [3.63, 3.8) is 0 Å². The highest BCUT2D eigenvalue weighted by atomic mass is 28.4. The van der Waals surface area contributed by atoms with Gasteiger partial charge in [-0.05, 0) is 44.3 Å². The Kier molecular flexibility index (Phi) is 7.56. The molecule has 0 heterocycles. The van der Waals surface area contributed by atoms with Crippen LogP contribution in [0.2, 0.25) is 18.1 Å². The van der Waals surface area contributed by atoms with E-state index in [4.69, 9.17) is 9.16 Å². The zero-order valence-corrected chi connectivity index (χ0v) is 18.5. The first-order valence-corrected chi connectivity index (χ1v) is 11.6. The lowest BCUT2D eigenvalue weighted by molar-refractivity contribution is 0.0139. The molecule has 1 amide bonds. The number of carbonyl (C=O) groups excluding carboxylic acids is 1. The monoisotopic (exact) mass is 361 g/mol. The third-order valence-corrected chi connectivity index (χ3v) is 8.91. The van der Waals surface area contributed by atoms with Crippen LogP contribution in [0.25, 0.3) is 0 Å². The van der Waals surface area contributed by atoms with Crippen molar-refractivity contribution < 1.29 is 19.1 Å². The summed E-state index contributed by atoms with van der Waals surface area (Å²) in [6, 6.07) is -0.355. The van der Waals surface area contributed by atoms with Gasteiger partial charge in [0.25, 0.3) is 0 Å². The second-order valence-corrected chi connectivity index (χ2v) is 14.8. The first-order valence-electron chi connectivity index (χ1n) is 8.69. The number of carbonyl (C=O) groups is 1. The first-order chi connectivity index (χ1) is 10.4. The molecule has 0 unspecified atom stereocenters. The molecule has 0 fully saturated rings. The van der Waals surface area contributed by atoms with Crippen molar-refractivity contribution in [1.82, 2.24) is 5.32 Å². The van der Waals surface area contributed by atoms with Gasteiger partial charge in [-0.15, -0.1) is 0 Å². The summed E-state index contributed by atoms with van der Waals surface area (Å²) in [6.07, 6.45) is -0.960. The maximum atomic E-state index is 12.2. The molecule has 24 heavy (non-hydrogen) atoms. The van der Waals surface area contributed by atoms with E-state index in [0.717, 1.165) is 0 Å². The number of rotatable bonds is 5. The van der Waals surface area contributed by atoms with E-state index < -0.39 is 26.1 Å². The summed E-state index contributed by atoms with van der Waals surface area (Å²) in [5, 5.41) is 12.9. The molecule has 0 saturated carbocycles. The minimum absolute atomic E-state index is 0.0226. The van der Waals surface area contributed by atoms with Gasteiger partial charge in [-0.25, -0.2) is 4.79 Å². The van der Waals surface area contributed by atoms with Crippen molar-refractivity contribution in [3.05, 3.63) is 0 Å². The summed E-state index contributed by atoms with van der Waals surface area (Å²) in [7, 11) is -2.08. The lowest BCUT2D eigenvalue weighted by Gasteiger charge is -2.44. The number of alkyl carbamates (subject to hydrolysis) is 1. The van der Waals surface area contributed by atoms with Gasteiger partial charge in [0, 0.05) is 0 Å². The second-order valence-electron chi connectivity index (χ2n) is 10.1. The first kappa shape index (κ1) is 23.4. The number of hydrogen-bond donors (Lipinski definition) is 2. The quantitative estimate of drug-likeness (QED) is 0.716. The molecule has 144 valence electrons. The summed E-state index contributed by atoms with van der Waals surface area (Å²) in [5.74, 6) is 0. The van der Waals surface area contributed by atoms with Crippen LogP contribution in [0.5, 0.6) is 0 Å². The zero-order valence-electron chi connectivity index (χ0n) is 17.5. The van der Waals surface area contributed by atoms with Crippen molar-refractivity contribution in [2.45, 2.75) is 98.2 Å². The molecule has 0 spiro atoms. The Labute approximate surface area is 149 Å². The summed E-state index contributed by atoms with van der Waals surface area (Å²) in [4.78, 5) is 12.2. The molecule has 0 aromatic rings. The van der Waals surface area contributed by atoms with Gasteiger partial charge in [-0.3, -0.25) is 0 Å². The van der Waals surface area contributed by atoms with E-state index in [0.29, 0.717) is 0 Å². The van der Waals surface area contributed by atoms with E-state index in [9.17, 15) is 9.90 Å². The molecule has 2 N–H and O–H groups in total. The molecule has 2 atom stereocenters. The highest BCUT2D eigenvalue weighted by Gasteiger charge is 2.43. The molecular weight excluding hydrogens is 322 g/mol. The molecule has 0 aliphatic rings. The number of aliphatic hydroxyl groups is 1. The van der Waals surface area contributed by atoms with Gasteiger partial charge in [0.05, 0.1) is 18.8 Å². The maximum Gasteiger partial charge on any atom is 0.407 e. The van der Waals surface area contributed by atoms with E-state index in [2.05, 4.69) is 39.2 Å². The standard InChI is InChI=1S/C18H39NO4Si/c1-16(2,3)14(19-15(21)22-17(4,5)6)13(12-20)23-24(10,11)18(7,8)9/h13-14,20H,12H2,1-11H3,(H,19,21)/t13-,14-/m1/s1. The van der Waals surface area contributed by atoms with Crippen molar-refractivity contribution in [2.24, 2.45) is 5.41 Å². The summed E-state index contributed by atoms with van der Waals surface area (Å²) in [5.41, 5.74) is -0.853. The number of amides is 1. The Morgan fingerprint density at radius 2 is 1.50 bits per heavy atom. The third kappa shape index (κ3) is 7.53. The Bertz CT molecular complexity index is 416. The minimum Gasteiger partial charge on any atom is -0.444 e. The zero-order chi connectivity index (χ0) is 19.6. The van der Waals surface area contributed by atoms with Crippen LogP contribution in [-0.2, 0) is 9.16 Å². The second kappa shape index (κ2) is 7.75. The van der Waals surface area contributed by atoms with Crippen LogP contribution in [-0.4, -0.2) is 43.9 Å². The number of aliphatic hydroxyl groups excluding tert-OH is 1. The smallest absolute Gasteiger partial charge is 0.407 e. The molecule has 0 radical (unpaired) electrons. The number of hydrogen-bond acceptors (Lipinski definition) is 4. The number of ether oxygens (including phenoxy) is 1. The SMILES string of the molecule is CC(C)(C)OC(=O)N[C@H]([C@@H](CO)O[Si](C)(C)C(C)(C)C)C(C)(C)C. The largest absolute Gasteiger partial charge is 0.444 e. The van der Waals surface area contributed by atoms with Crippen molar-refractivity contribution in [3.8, 4) is 0 Å². The van der Waals surface area contributed by atoms with E-state index in [1.54, 1.807) is 0 Å². The van der Waals surface area contributed by atoms with Gasteiger partial charge in [0.1, 0.15) is 5.60 Å². The average molecular weight is 362 g/mol. The van der Waals surface area contributed by atoms with Gasteiger partial charge in [-0.2, -0.15) is 0 Å². The van der Waals surface area contributed by atoms with Crippen LogP contribution < -0.4 is 5.32 Å². The van der Waals surface area contributed by atoms with Crippen molar-refractivity contribution in [2.75, 3.05) is 6.61 Å². The highest BCUT2D eigenvalue weighted by molar-refractivity contribution is 6.74. The van der Waals surface area contributed by atoms with Gasteiger partial charge in [0.2, 0.25) is 0 Å². The van der Waals surface area contributed by atoms with E-state index in [1.807, 2.05) is 41.5 Å². The fourth-order valence-electron chi connectivity index (χ4n) is 2.07. The molecule has 0 rings (SSSR count). The van der Waals surface area contributed by atoms with Crippen LogP contribution in [0, 0.1) is 5.41 Å². The van der Waals surface area contributed by atoms with E-state index in [-0.39, 0.29) is 23.1 Å². The Morgan fingerprint density at radius 3 is 1.79 bits per heavy atom. The lowest BCUT2D eigenvalue weighted by Crippen LogP contribution is -2.58. The fourth-order valence-corrected chi connectivity index (χ4v) is 3.39. The maximum absolute atomic E-state index is 12.2. The predicted molar refractivity (Wildman–Crippen MR) is 102 cm³/mol. The van der Waals surface area contributed by atoms with Gasteiger partial charge in [-0.1, -0.05) is 41.5 Å². The molecular formula is C18H39NO4Si. The van der Waals surface area contributed by atoms with Crippen LogP contribution in [0.3, 0.4) is 0 Å². The fraction of sp³-hybridized carbons (Fsp3) is 0.944. The van der Waals surface area contributed by atoms with Crippen molar-refractivity contribution in [1.29, 1.82) is 0 Å². The summed E-state index contributed by atoms with van der Waals surface area (Å²) >= 11 is 0. The molecule has 6 heteroatoms. The summed E-state index contributed by atoms with van der Waals surface area (Å²) < 4.78 is 11.8. The summed E-state index contributed by atoms with van der Waals surface area (Å²) in [6.45, 7) is 22.1. The molecule has 0 bridgehead atoms. The van der Waals surface area contributed by atoms with Crippen molar-refractivity contribution >= 4 is 14.4 Å². The van der Waals surface area contributed by atoms with Gasteiger partial charge in [0.15, 0.2) is 8.32 Å². The van der Waals surface area contributed by atoms with Gasteiger partial charge >= 0.3 is 6.09 Å². The molecule has 0 aliphatic heterocycles. The lowest BCUT2D eigenvalue weighted by atomic mass is 9.83. The van der Waals surface area contributed by atoms with Crippen LogP contribution in [0.15, 0.2) is 0 Å². The predicted octanol–water partition coefficient (Wildman–Crippen LogP) is 4.31. The number of nitrogens with one attached hydrogen (secondary N) is 1. The third-order valence-electron chi connectivity index (χ3n) is 4.41. The average Bonchev–Trinajstić information content (AvgIpc) is 2.28. The topological polar surface area (TPSA) is 67.8 Å². The van der Waals surface area contributed by atoms with E-state index >= 15 is 0 Å². The molecule has 0 aliphatic carbocycles. The molecule has 0 saturated heterocycles. The molecule has 0 aromatic heterocycles.